The predicted molar refractivity (Wildman–Crippen MR) is 72.1 cm³/mol. The van der Waals surface area contributed by atoms with Crippen molar-refractivity contribution in [3.63, 3.8) is 0 Å². The number of nitriles is 1. The minimum Gasteiger partial charge on any atom is -0.380 e. The van der Waals surface area contributed by atoms with E-state index >= 15 is 0 Å². The van der Waals surface area contributed by atoms with E-state index < -0.39 is 10.0 Å². The van der Waals surface area contributed by atoms with Crippen molar-refractivity contribution in [2.45, 2.75) is 24.7 Å². The highest BCUT2D eigenvalue weighted by Gasteiger charge is 2.12. The largest absolute Gasteiger partial charge is 0.380 e. The van der Waals surface area contributed by atoms with Crippen LogP contribution in [0.25, 0.3) is 0 Å². The first-order valence-electron chi connectivity index (χ1n) is 6.17. The summed E-state index contributed by atoms with van der Waals surface area (Å²) in [6.45, 7) is 3.31. The molecule has 5 nitrogen and oxygen atoms in total. The second kappa shape index (κ2) is 7.89. The fraction of sp³-hybridized carbons (Fsp3) is 0.462. The van der Waals surface area contributed by atoms with Crippen molar-refractivity contribution in [3.05, 3.63) is 29.8 Å². The SMILES string of the molecule is CCCCOCCNS(=O)(=O)c1ccc(C#N)cc1. The van der Waals surface area contributed by atoms with Crippen LogP contribution in [0.2, 0.25) is 0 Å². The zero-order valence-electron chi connectivity index (χ0n) is 10.9. The summed E-state index contributed by atoms with van der Waals surface area (Å²) in [4.78, 5) is 0.153. The molecular formula is C13H18N2O3S. The summed E-state index contributed by atoms with van der Waals surface area (Å²) < 4.78 is 31.5. The maximum atomic E-state index is 11.9. The Morgan fingerprint density at radius 3 is 2.53 bits per heavy atom. The zero-order valence-corrected chi connectivity index (χ0v) is 11.7. The summed E-state index contributed by atoms with van der Waals surface area (Å²) in [5.41, 5.74) is 0.432. The van der Waals surface area contributed by atoms with Gasteiger partial charge >= 0.3 is 0 Å². The van der Waals surface area contributed by atoms with E-state index in [9.17, 15) is 8.42 Å². The van der Waals surface area contributed by atoms with Crippen LogP contribution in [-0.4, -0.2) is 28.2 Å². The van der Waals surface area contributed by atoms with Gasteiger partial charge in [0.05, 0.1) is 23.1 Å². The third-order valence-corrected chi connectivity index (χ3v) is 3.95. The van der Waals surface area contributed by atoms with E-state index in [-0.39, 0.29) is 11.4 Å². The molecule has 0 aromatic heterocycles. The maximum Gasteiger partial charge on any atom is 0.240 e. The number of rotatable bonds is 8. The van der Waals surface area contributed by atoms with Gasteiger partial charge in [0.1, 0.15) is 0 Å². The summed E-state index contributed by atoms with van der Waals surface area (Å²) in [7, 11) is -3.52. The van der Waals surface area contributed by atoms with Crippen molar-refractivity contribution in [2.24, 2.45) is 0 Å². The molecule has 1 aromatic carbocycles. The highest BCUT2D eigenvalue weighted by Crippen LogP contribution is 2.09. The Kier molecular flexibility index (Phi) is 6.50. The highest BCUT2D eigenvalue weighted by atomic mass is 32.2. The fourth-order valence-corrected chi connectivity index (χ4v) is 2.40. The molecule has 0 saturated heterocycles. The monoisotopic (exact) mass is 282 g/mol. The summed E-state index contributed by atoms with van der Waals surface area (Å²) in [6, 6.07) is 7.73. The normalized spacial score (nSPS) is 11.2. The number of hydrogen-bond acceptors (Lipinski definition) is 4. The van der Waals surface area contributed by atoms with Crippen LogP contribution in [0.1, 0.15) is 25.3 Å². The molecule has 6 heteroatoms. The third kappa shape index (κ3) is 5.39. The second-order valence-corrected chi connectivity index (χ2v) is 5.77. The van der Waals surface area contributed by atoms with E-state index in [0.29, 0.717) is 18.8 Å². The standard InChI is InChI=1S/C13H18N2O3S/c1-2-3-9-18-10-8-15-19(16,17)13-6-4-12(11-14)5-7-13/h4-7,15H,2-3,8-10H2,1H3. The number of hydrogen-bond donors (Lipinski definition) is 1. The lowest BCUT2D eigenvalue weighted by Gasteiger charge is -2.07. The van der Waals surface area contributed by atoms with Crippen molar-refractivity contribution in [2.75, 3.05) is 19.8 Å². The second-order valence-electron chi connectivity index (χ2n) is 4.00. The van der Waals surface area contributed by atoms with Crippen LogP contribution in [0.4, 0.5) is 0 Å². The van der Waals surface area contributed by atoms with Gasteiger partial charge < -0.3 is 4.74 Å². The topological polar surface area (TPSA) is 79.2 Å². The molecule has 0 saturated carbocycles. The van der Waals surface area contributed by atoms with Gasteiger partial charge in [-0.3, -0.25) is 0 Å². The van der Waals surface area contributed by atoms with E-state index in [1.54, 1.807) is 0 Å². The van der Waals surface area contributed by atoms with E-state index in [0.717, 1.165) is 12.8 Å². The van der Waals surface area contributed by atoms with Crippen molar-refractivity contribution >= 4 is 10.0 Å². The Hall–Kier alpha value is -1.42. The van der Waals surface area contributed by atoms with Gasteiger partial charge in [-0.15, -0.1) is 0 Å². The lowest BCUT2D eigenvalue weighted by atomic mass is 10.2. The summed E-state index contributed by atoms with van der Waals surface area (Å²) >= 11 is 0. The molecule has 0 fully saturated rings. The minimum absolute atomic E-state index is 0.153. The van der Waals surface area contributed by atoms with Crippen molar-refractivity contribution in [1.82, 2.24) is 4.72 Å². The van der Waals surface area contributed by atoms with Crippen LogP contribution in [0.3, 0.4) is 0 Å². The van der Waals surface area contributed by atoms with Gasteiger partial charge in [0.25, 0.3) is 0 Å². The van der Waals surface area contributed by atoms with E-state index in [1.807, 2.05) is 6.07 Å². The lowest BCUT2D eigenvalue weighted by Crippen LogP contribution is -2.27. The summed E-state index contributed by atoms with van der Waals surface area (Å²) in [5.74, 6) is 0. The van der Waals surface area contributed by atoms with E-state index in [2.05, 4.69) is 11.6 Å². The molecule has 0 spiro atoms. The lowest BCUT2D eigenvalue weighted by molar-refractivity contribution is 0.136. The summed E-state index contributed by atoms with van der Waals surface area (Å²) in [5, 5.41) is 8.64. The molecule has 0 aliphatic heterocycles. The average Bonchev–Trinajstić information content (AvgIpc) is 2.43. The van der Waals surface area contributed by atoms with Gasteiger partial charge in [-0.2, -0.15) is 5.26 Å². The predicted octanol–water partition coefficient (Wildman–Crippen LogP) is 1.65. The molecule has 1 N–H and O–H groups in total. The number of nitrogens with one attached hydrogen (secondary N) is 1. The van der Waals surface area contributed by atoms with Crippen LogP contribution in [0.5, 0.6) is 0 Å². The zero-order chi connectivity index (χ0) is 14.1. The van der Waals surface area contributed by atoms with Gasteiger partial charge in [0.2, 0.25) is 10.0 Å². The first kappa shape index (κ1) is 15.6. The molecule has 104 valence electrons. The molecule has 0 radical (unpaired) electrons. The Balaban J connectivity index is 2.45. The van der Waals surface area contributed by atoms with Gasteiger partial charge in [0, 0.05) is 13.2 Å². The molecule has 0 bridgehead atoms. The van der Waals surface area contributed by atoms with Crippen LogP contribution >= 0.6 is 0 Å². The molecule has 1 rings (SSSR count). The molecule has 0 amide bonds. The van der Waals surface area contributed by atoms with Crippen molar-refractivity contribution < 1.29 is 13.2 Å². The van der Waals surface area contributed by atoms with Gasteiger partial charge in [-0.05, 0) is 30.7 Å². The third-order valence-electron chi connectivity index (χ3n) is 2.47. The number of benzene rings is 1. The van der Waals surface area contributed by atoms with Crippen LogP contribution < -0.4 is 4.72 Å². The quantitative estimate of drug-likeness (QED) is 0.735. The number of ether oxygens (including phenoxy) is 1. The summed E-state index contributed by atoms with van der Waals surface area (Å²) in [6.07, 6.45) is 2.03. The molecule has 0 heterocycles. The molecular weight excluding hydrogens is 264 g/mol. The Bertz CT molecular complexity index is 518. The molecule has 0 aliphatic carbocycles. The molecule has 0 aliphatic rings. The number of unbranched alkanes of at least 4 members (excludes halogenated alkanes) is 1. The van der Waals surface area contributed by atoms with Crippen molar-refractivity contribution in [3.8, 4) is 6.07 Å². The Labute approximate surface area is 114 Å². The fourth-order valence-electron chi connectivity index (χ4n) is 1.39. The first-order chi connectivity index (χ1) is 9.10. The number of nitrogens with zero attached hydrogens (tertiary/aromatic N) is 1. The first-order valence-corrected chi connectivity index (χ1v) is 7.66. The molecule has 1 aromatic rings. The van der Waals surface area contributed by atoms with Gasteiger partial charge in [-0.1, -0.05) is 13.3 Å². The number of sulfonamides is 1. The van der Waals surface area contributed by atoms with Crippen LogP contribution in [-0.2, 0) is 14.8 Å². The maximum absolute atomic E-state index is 11.9. The minimum atomic E-state index is -3.52. The molecule has 0 unspecified atom stereocenters. The Morgan fingerprint density at radius 1 is 1.26 bits per heavy atom. The smallest absolute Gasteiger partial charge is 0.240 e. The van der Waals surface area contributed by atoms with Gasteiger partial charge in [0.15, 0.2) is 0 Å². The van der Waals surface area contributed by atoms with Crippen molar-refractivity contribution in [1.29, 1.82) is 5.26 Å². The Morgan fingerprint density at radius 2 is 1.95 bits per heavy atom. The van der Waals surface area contributed by atoms with E-state index in [1.165, 1.54) is 24.3 Å². The molecule has 0 atom stereocenters. The van der Waals surface area contributed by atoms with E-state index in [4.69, 9.17) is 10.00 Å². The van der Waals surface area contributed by atoms with Crippen LogP contribution in [0.15, 0.2) is 29.2 Å². The van der Waals surface area contributed by atoms with Crippen LogP contribution in [0, 0.1) is 11.3 Å². The van der Waals surface area contributed by atoms with Gasteiger partial charge in [-0.25, -0.2) is 13.1 Å². The molecule has 19 heavy (non-hydrogen) atoms. The average molecular weight is 282 g/mol. The highest BCUT2D eigenvalue weighted by molar-refractivity contribution is 7.89.